The van der Waals surface area contributed by atoms with Crippen molar-refractivity contribution in [3.63, 3.8) is 0 Å². The van der Waals surface area contributed by atoms with Crippen LogP contribution in [0.2, 0.25) is 0 Å². The molecule has 3 unspecified atom stereocenters. The lowest BCUT2D eigenvalue weighted by Gasteiger charge is -2.33. The van der Waals surface area contributed by atoms with Crippen molar-refractivity contribution in [1.82, 2.24) is 14.9 Å². The maximum absolute atomic E-state index is 4.44. The first kappa shape index (κ1) is 12.6. The fourth-order valence-electron chi connectivity index (χ4n) is 3.14. The number of rotatable bonds is 4. The van der Waals surface area contributed by atoms with Gasteiger partial charge in [-0.25, -0.2) is 4.98 Å². The summed E-state index contributed by atoms with van der Waals surface area (Å²) in [5.74, 6) is 2.91. The summed E-state index contributed by atoms with van der Waals surface area (Å²) in [7, 11) is 4.17. The number of hydrogen-bond acceptors (Lipinski definition) is 2. The van der Waals surface area contributed by atoms with Crippen LogP contribution in [-0.4, -0.2) is 22.6 Å². The number of imidazole rings is 1. The van der Waals surface area contributed by atoms with E-state index in [1.807, 2.05) is 12.4 Å². The molecule has 0 aromatic carbocycles. The van der Waals surface area contributed by atoms with Gasteiger partial charge in [0.2, 0.25) is 0 Å². The summed E-state index contributed by atoms with van der Waals surface area (Å²) in [5, 5.41) is 3.50. The molecule has 0 spiro atoms. The lowest BCUT2D eigenvalue weighted by molar-refractivity contribution is 0.225. The normalized spacial score (nSPS) is 27.0. The van der Waals surface area contributed by atoms with Crippen molar-refractivity contribution in [3.05, 3.63) is 18.2 Å². The maximum Gasteiger partial charge on any atom is 0.109 e. The minimum Gasteiger partial charge on any atom is -0.338 e. The highest BCUT2D eigenvalue weighted by molar-refractivity contribution is 4.96. The van der Waals surface area contributed by atoms with E-state index in [0.29, 0.717) is 6.04 Å². The van der Waals surface area contributed by atoms with Gasteiger partial charge in [-0.3, -0.25) is 0 Å². The van der Waals surface area contributed by atoms with E-state index in [0.717, 1.165) is 18.3 Å². The summed E-state index contributed by atoms with van der Waals surface area (Å²) in [6.07, 6.45) is 10.5. The lowest BCUT2D eigenvalue weighted by Crippen LogP contribution is -2.38. The predicted molar refractivity (Wildman–Crippen MR) is 70.9 cm³/mol. The summed E-state index contributed by atoms with van der Waals surface area (Å²) in [4.78, 5) is 4.44. The number of aryl methyl sites for hydroxylation is 1. The van der Waals surface area contributed by atoms with Gasteiger partial charge in [-0.15, -0.1) is 0 Å². The van der Waals surface area contributed by atoms with Crippen molar-refractivity contribution in [2.75, 3.05) is 7.05 Å². The standard InChI is InChI=1S/C14H25N3/c1-11-5-4-6-12(9-11)13(15-2)10-14-16-7-8-17(14)3/h7-8,11-13,15H,4-6,9-10H2,1-3H3. The first-order valence-corrected chi connectivity index (χ1v) is 6.84. The summed E-state index contributed by atoms with van der Waals surface area (Å²) >= 11 is 0. The Morgan fingerprint density at radius 2 is 2.35 bits per heavy atom. The summed E-state index contributed by atoms with van der Waals surface area (Å²) in [6, 6.07) is 0.582. The number of nitrogens with one attached hydrogen (secondary N) is 1. The minimum absolute atomic E-state index is 0.582. The number of aromatic nitrogens is 2. The van der Waals surface area contributed by atoms with Crippen molar-refractivity contribution >= 4 is 0 Å². The van der Waals surface area contributed by atoms with Crippen LogP contribution in [0.4, 0.5) is 0 Å². The van der Waals surface area contributed by atoms with Crippen LogP contribution in [0.5, 0.6) is 0 Å². The average Bonchev–Trinajstić information content (AvgIpc) is 2.71. The highest BCUT2D eigenvalue weighted by atomic mass is 15.0. The van der Waals surface area contributed by atoms with E-state index in [-0.39, 0.29) is 0 Å². The molecule has 2 rings (SSSR count). The topological polar surface area (TPSA) is 29.9 Å². The monoisotopic (exact) mass is 235 g/mol. The van der Waals surface area contributed by atoms with Gasteiger partial charge in [-0.05, 0) is 31.7 Å². The molecule has 17 heavy (non-hydrogen) atoms. The molecule has 1 fully saturated rings. The first-order valence-electron chi connectivity index (χ1n) is 6.84. The van der Waals surface area contributed by atoms with Crippen LogP contribution < -0.4 is 5.32 Å². The Morgan fingerprint density at radius 1 is 1.53 bits per heavy atom. The SMILES string of the molecule is CNC(Cc1nccn1C)C1CCCC(C)C1. The van der Waals surface area contributed by atoms with Crippen LogP contribution in [0.1, 0.15) is 38.4 Å². The van der Waals surface area contributed by atoms with Crippen molar-refractivity contribution in [2.24, 2.45) is 18.9 Å². The number of hydrogen-bond donors (Lipinski definition) is 1. The van der Waals surface area contributed by atoms with Crippen LogP contribution in [0.25, 0.3) is 0 Å². The quantitative estimate of drug-likeness (QED) is 0.868. The van der Waals surface area contributed by atoms with Crippen molar-refractivity contribution in [1.29, 1.82) is 0 Å². The van der Waals surface area contributed by atoms with Gasteiger partial charge in [-0.2, -0.15) is 0 Å². The van der Waals surface area contributed by atoms with Gasteiger partial charge in [0, 0.05) is 31.9 Å². The molecule has 0 amide bonds. The molecule has 1 aromatic rings. The van der Waals surface area contributed by atoms with Gasteiger partial charge in [0.15, 0.2) is 0 Å². The number of nitrogens with zero attached hydrogens (tertiary/aromatic N) is 2. The molecule has 1 aliphatic rings. The zero-order chi connectivity index (χ0) is 12.3. The zero-order valence-electron chi connectivity index (χ0n) is 11.3. The fourth-order valence-corrected chi connectivity index (χ4v) is 3.14. The Balaban J connectivity index is 1.98. The molecular weight excluding hydrogens is 210 g/mol. The third kappa shape index (κ3) is 3.09. The Morgan fingerprint density at radius 3 is 2.94 bits per heavy atom. The molecule has 3 heteroatoms. The molecule has 1 aliphatic carbocycles. The van der Waals surface area contributed by atoms with E-state index in [9.17, 15) is 0 Å². The van der Waals surface area contributed by atoms with Crippen LogP contribution in [0, 0.1) is 11.8 Å². The molecule has 1 saturated carbocycles. The summed E-state index contributed by atoms with van der Waals surface area (Å²) < 4.78 is 2.14. The molecule has 3 nitrogen and oxygen atoms in total. The Hall–Kier alpha value is -0.830. The Bertz CT molecular complexity index is 345. The van der Waals surface area contributed by atoms with Gasteiger partial charge in [-0.1, -0.05) is 19.8 Å². The number of likely N-dealkylation sites (N-methyl/N-ethyl adjacent to an activating group) is 1. The van der Waals surface area contributed by atoms with E-state index in [1.165, 1.54) is 31.5 Å². The van der Waals surface area contributed by atoms with E-state index in [4.69, 9.17) is 0 Å². The Kier molecular flexibility index (Phi) is 4.21. The largest absolute Gasteiger partial charge is 0.338 e. The van der Waals surface area contributed by atoms with E-state index in [1.54, 1.807) is 0 Å². The fraction of sp³-hybridized carbons (Fsp3) is 0.786. The third-order valence-electron chi connectivity index (χ3n) is 4.24. The molecule has 0 aliphatic heterocycles. The van der Waals surface area contributed by atoms with Gasteiger partial charge >= 0.3 is 0 Å². The van der Waals surface area contributed by atoms with Crippen LogP contribution >= 0.6 is 0 Å². The summed E-state index contributed by atoms with van der Waals surface area (Å²) in [6.45, 7) is 2.39. The smallest absolute Gasteiger partial charge is 0.109 e. The molecule has 0 bridgehead atoms. The Labute approximate surface area is 105 Å². The van der Waals surface area contributed by atoms with E-state index in [2.05, 4.69) is 35.9 Å². The van der Waals surface area contributed by atoms with Gasteiger partial charge in [0.25, 0.3) is 0 Å². The molecule has 1 heterocycles. The second-order valence-corrected chi connectivity index (χ2v) is 5.59. The van der Waals surface area contributed by atoms with Gasteiger partial charge < -0.3 is 9.88 Å². The molecule has 0 radical (unpaired) electrons. The zero-order valence-corrected chi connectivity index (χ0v) is 11.3. The summed E-state index contributed by atoms with van der Waals surface area (Å²) in [5.41, 5.74) is 0. The minimum atomic E-state index is 0.582. The van der Waals surface area contributed by atoms with Gasteiger partial charge in [0.05, 0.1) is 0 Å². The van der Waals surface area contributed by atoms with Crippen molar-refractivity contribution in [2.45, 2.75) is 45.1 Å². The first-order chi connectivity index (χ1) is 8.20. The molecular formula is C14H25N3. The van der Waals surface area contributed by atoms with E-state index >= 15 is 0 Å². The van der Waals surface area contributed by atoms with Crippen molar-refractivity contribution < 1.29 is 0 Å². The highest BCUT2D eigenvalue weighted by Gasteiger charge is 2.26. The van der Waals surface area contributed by atoms with E-state index < -0.39 is 0 Å². The van der Waals surface area contributed by atoms with Crippen LogP contribution in [0.3, 0.4) is 0 Å². The third-order valence-corrected chi connectivity index (χ3v) is 4.24. The molecule has 96 valence electrons. The van der Waals surface area contributed by atoms with Gasteiger partial charge in [0.1, 0.15) is 5.82 Å². The molecule has 1 aromatic heterocycles. The maximum atomic E-state index is 4.44. The molecule has 3 atom stereocenters. The van der Waals surface area contributed by atoms with Crippen LogP contribution in [0.15, 0.2) is 12.4 Å². The predicted octanol–water partition coefficient (Wildman–Crippen LogP) is 2.38. The van der Waals surface area contributed by atoms with Crippen LogP contribution in [-0.2, 0) is 13.5 Å². The highest BCUT2D eigenvalue weighted by Crippen LogP contribution is 2.31. The second-order valence-electron chi connectivity index (χ2n) is 5.59. The average molecular weight is 235 g/mol. The second kappa shape index (κ2) is 5.67. The lowest BCUT2D eigenvalue weighted by atomic mass is 9.77. The molecule has 1 N–H and O–H groups in total. The van der Waals surface area contributed by atoms with Crippen molar-refractivity contribution in [3.8, 4) is 0 Å². The molecule has 0 saturated heterocycles.